The summed E-state index contributed by atoms with van der Waals surface area (Å²) in [6.45, 7) is 1.71. The van der Waals surface area contributed by atoms with E-state index in [2.05, 4.69) is 0 Å². The summed E-state index contributed by atoms with van der Waals surface area (Å²) >= 11 is 5.63. The smallest absolute Gasteiger partial charge is 0.292 e. The minimum atomic E-state index is -0.661. The lowest BCUT2D eigenvalue weighted by Crippen LogP contribution is -2.31. The number of aromatic amines is 1. The maximum absolute atomic E-state index is 12.0. The fraction of sp³-hybridized carbons (Fsp3) is 0.154. The van der Waals surface area contributed by atoms with Crippen molar-refractivity contribution in [2.24, 2.45) is 0 Å². The first-order valence-corrected chi connectivity index (χ1v) is 5.94. The van der Waals surface area contributed by atoms with Gasteiger partial charge in [0.05, 0.1) is 6.54 Å². The zero-order chi connectivity index (χ0) is 14.0. The molecule has 0 bridgehead atoms. The molecule has 19 heavy (non-hydrogen) atoms. The van der Waals surface area contributed by atoms with Gasteiger partial charge in [-0.3, -0.25) is 19.1 Å². The van der Waals surface area contributed by atoms with Crippen LogP contribution in [0.15, 0.2) is 40.1 Å². The van der Waals surface area contributed by atoms with Crippen LogP contribution in [0.5, 0.6) is 0 Å². The topological polar surface area (TPSA) is 71.9 Å². The normalized spacial score (nSPS) is 10.4. The van der Waals surface area contributed by atoms with Gasteiger partial charge in [-0.15, -0.1) is 0 Å². The Labute approximate surface area is 113 Å². The molecule has 2 aromatic rings. The third-order valence-corrected chi connectivity index (χ3v) is 2.89. The Morgan fingerprint density at radius 3 is 2.79 bits per heavy atom. The molecule has 1 heterocycles. The molecule has 0 saturated carbocycles. The fourth-order valence-corrected chi connectivity index (χ4v) is 1.83. The van der Waals surface area contributed by atoms with Gasteiger partial charge in [0, 0.05) is 11.8 Å². The average Bonchev–Trinajstić information content (AvgIpc) is 2.36. The Morgan fingerprint density at radius 1 is 1.37 bits per heavy atom. The summed E-state index contributed by atoms with van der Waals surface area (Å²) in [6.07, 6.45) is 1.16. The Hall–Kier alpha value is -2.14. The minimum absolute atomic E-state index is 0.128. The molecule has 0 fully saturated rings. The van der Waals surface area contributed by atoms with Gasteiger partial charge in [0.2, 0.25) is 0 Å². The molecule has 0 saturated heterocycles. The number of nitrogens with zero attached hydrogens (tertiary/aromatic N) is 1. The van der Waals surface area contributed by atoms with Gasteiger partial charge < -0.3 is 0 Å². The summed E-state index contributed by atoms with van der Waals surface area (Å²) in [5.74, 6) is -0.228. The highest BCUT2D eigenvalue weighted by Crippen LogP contribution is 2.06. The van der Waals surface area contributed by atoms with Crippen LogP contribution in [-0.2, 0) is 6.54 Å². The highest BCUT2D eigenvalue weighted by molar-refractivity contribution is 6.30. The number of carbonyl (C=O) groups excluding carboxylic acids is 1. The second-order valence-corrected chi connectivity index (χ2v) is 4.56. The minimum Gasteiger partial charge on any atom is -0.292 e. The fourth-order valence-electron chi connectivity index (χ4n) is 1.66. The molecule has 98 valence electrons. The number of H-pyrrole nitrogens is 1. The quantitative estimate of drug-likeness (QED) is 0.862. The first-order valence-electron chi connectivity index (χ1n) is 5.56. The van der Waals surface area contributed by atoms with Gasteiger partial charge in [-0.2, -0.15) is 0 Å². The summed E-state index contributed by atoms with van der Waals surface area (Å²) in [5, 5.41) is -0.128. The van der Waals surface area contributed by atoms with E-state index in [1.54, 1.807) is 18.2 Å². The van der Waals surface area contributed by atoms with Crippen molar-refractivity contribution < 1.29 is 4.79 Å². The molecule has 0 spiro atoms. The summed E-state index contributed by atoms with van der Waals surface area (Å²) in [4.78, 5) is 36.7. The number of hydrogen-bond acceptors (Lipinski definition) is 3. The SMILES string of the molecule is Cc1cccc(C(=O)Cn2cc(Cl)c(=O)[nH]c2=O)c1. The number of ketones is 1. The van der Waals surface area contributed by atoms with Gasteiger partial charge >= 0.3 is 5.69 Å². The molecule has 0 unspecified atom stereocenters. The van der Waals surface area contributed by atoms with Crippen molar-refractivity contribution in [3.05, 3.63) is 67.4 Å². The number of Topliss-reactive ketones (excluding diaryl/α,β-unsaturated/α-hetero) is 1. The summed E-state index contributed by atoms with van der Waals surface area (Å²) in [6, 6.07) is 7.05. The largest absolute Gasteiger partial charge is 0.328 e. The van der Waals surface area contributed by atoms with E-state index in [4.69, 9.17) is 11.6 Å². The van der Waals surface area contributed by atoms with Gasteiger partial charge in [-0.25, -0.2) is 4.79 Å². The van der Waals surface area contributed by atoms with E-state index in [1.807, 2.05) is 18.0 Å². The van der Waals surface area contributed by atoms with Crippen LogP contribution in [0.3, 0.4) is 0 Å². The lowest BCUT2D eigenvalue weighted by atomic mass is 10.1. The monoisotopic (exact) mass is 278 g/mol. The highest BCUT2D eigenvalue weighted by atomic mass is 35.5. The maximum Gasteiger partial charge on any atom is 0.328 e. The van der Waals surface area contributed by atoms with Crippen LogP contribution >= 0.6 is 11.6 Å². The third kappa shape index (κ3) is 3.00. The molecule has 6 heteroatoms. The molecule has 1 aromatic heterocycles. The molecule has 0 aliphatic carbocycles. The predicted octanol–water partition coefficient (Wildman–Crippen LogP) is 1.38. The predicted molar refractivity (Wildman–Crippen MR) is 71.8 cm³/mol. The number of benzene rings is 1. The van der Waals surface area contributed by atoms with Crippen LogP contribution in [0.2, 0.25) is 5.02 Å². The van der Waals surface area contributed by atoms with Crippen molar-refractivity contribution in [1.29, 1.82) is 0 Å². The van der Waals surface area contributed by atoms with E-state index in [1.165, 1.54) is 0 Å². The summed E-state index contributed by atoms with van der Waals surface area (Å²) in [7, 11) is 0. The van der Waals surface area contributed by atoms with Crippen LogP contribution in [0.1, 0.15) is 15.9 Å². The lowest BCUT2D eigenvalue weighted by Gasteiger charge is -2.05. The molecule has 0 aliphatic heterocycles. The van der Waals surface area contributed by atoms with Crippen LogP contribution in [-0.4, -0.2) is 15.3 Å². The van der Waals surface area contributed by atoms with Crippen molar-refractivity contribution in [3.8, 4) is 0 Å². The Kier molecular flexibility index (Phi) is 3.66. The lowest BCUT2D eigenvalue weighted by molar-refractivity contribution is 0.0970. The first kappa shape index (κ1) is 13.3. The number of carbonyl (C=O) groups is 1. The van der Waals surface area contributed by atoms with Crippen LogP contribution in [0, 0.1) is 6.92 Å². The van der Waals surface area contributed by atoms with E-state index in [0.29, 0.717) is 5.56 Å². The van der Waals surface area contributed by atoms with E-state index in [0.717, 1.165) is 16.3 Å². The molecule has 0 amide bonds. The van der Waals surface area contributed by atoms with E-state index in [-0.39, 0.29) is 17.4 Å². The Balaban J connectivity index is 2.32. The van der Waals surface area contributed by atoms with Crippen molar-refractivity contribution in [2.45, 2.75) is 13.5 Å². The van der Waals surface area contributed by atoms with E-state index in [9.17, 15) is 14.4 Å². The summed E-state index contributed by atoms with van der Waals surface area (Å²) < 4.78 is 1.08. The zero-order valence-corrected chi connectivity index (χ0v) is 10.9. The van der Waals surface area contributed by atoms with Gasteiger partial charge in [0.15, 0.2) is 5.78 Å². The van der Waals surface area contributed by atoms with Crippen molar-refractivity contribution in [1.82, 2.24) is 9.55 Å². The molecule has 5 nitrogen and oxygen atoms in total. The second-order valence-electron chi connectivity index (χ2n) is 4.16. The molecule has 1 aromatic carbocycles. The number of nitrogens with one attached hydrogen (secondary N) is 1. The zero-order valence-electron chi connectivity index (χ0n) is 10.1. The maximum atomic E-state index is 12.0. The molecule has 1 N–H and O–H groups in total. The molecule has 2 rings (SSSR count). The van der Waals surface area contributed by atoms with Crippen molar-refractivity contribution >= 4 is 17.4 Å². The Bertz CT molecular complexity index is 746. The standard InChI is InChI=1S/C13H11ClN2O3/c1-8-3-2-4-9(5-8)11(17)7-16-6-10(14)12(18)15-13(16)19/h2-6H,7H2,1H3,(H,15,18,19). The second kappa shape index (κ2) is 5.24. The number of aromatic nitrogens is 2. The third-order valence-electron chi connectivity index (χ3n) is 2.62. The molecule has 0 radical (unpaired) electrons. The van der Waals surface area contributed by atoms with E-state index < -0.39 is 11.2 Å². The van der Waals surface area contributed by atoms with Crippen molar-refractivity contribution in [2.75, 3.05) is 0 Å². The number of hydrogen-bond donors (Lipinski definition) is 1. The van der Waals surface area contributed by atoms with Crippen LogP contribution in [0.25, 0.3) is 0 Å². The number of rotatable bonds is 3. The number of halogens is 1. The summed E-state index contributed by atoms with van der Waals surface area (Å²) in [5.41, 5.74) is 0.147. The molecular weight excluding hydrogens is 268 g/mol. The van der Waals surface area contributed by atoms with Gasteiger partial charge in [-0.1, -0.05) is 35.4 Å². The van der Waals surface area contributed by atoms with Gasteiger partial charge in [0.1, 0.15) is 5.02 Å². The first-order chi connectivity index (χ1) is 8.97. The molecule has 0 atom stereocenters. The molecular formula is C13H11ClN2O3. The van der Waals surface area contributed by atoms with Crippen LogP contribution in [0.4, 0.5) is 0 Å². The van der Waals surface area contributed by atoms with Crippen LogP contribution < -0.4 is 11.2 Å². The molecule has 0 aliphatic rings. The van der Waals surface area contributed by atoms with Crippen molar-refractivity contribution in [3.63, 3.8) is 0 Å². The van der Waals surface area contributed by atoms with Gasteiger partial charge in [0.25, 0.3) is 5.56 Å². The number of aryl methyl sites for hydroxylation is 1. The van der Waals surface area contributed by atoms with E-state index >= 15 is 0 Å². The highest BCUT2D eigenvalue weighted by Gasteiger charge is 2.09. The van der Waals surface area contributed by atoms with Gasteiger partial charge in [-0.05, 0) is 13.0 Å². The average molecular weight is 279 g/mol. The Morgan fingerprint density at radius 2 is 2.11 bits per heavy atom.